The highest BCUT2D eigenvalue weighted by atomic mass is 19.1. The lowest BCUT2D eigenvalue weighted by Gasteiger charge is -2.33. The molecule has 0 saturated carbocycles. The van der Waals surface area contributed by atoms with Gasteiger partial charge in [0.25, 0.3) is 5.56 Å². The van der Waals surface area contributed by atoms with Crippen LogP contribution in [-0.2, 0) is 13.6 Å². The second-order valence-electron chi connectivity index (χ2n) is 7.12. The van der Waals surface area contributed by atoms with Crippen LogP contribution in [0.5, 0.6) is 0 Å². The molecule has 28 heavy (non-hydrogen) atoms. The molecule has 0 spiro atoms. The van der Waals surface area contributed by atoms with Gasteiger partial charge in [0.05, 0.1) is 6.20 Å². The van der Waals surface area contributed by atoms with E-state index in [0.717, 1.165) is 29.7 Å². The molecule has 4 rings (SSSR count). The summed E-state index contributed by atoms with van der Waals surface area (Å²) in [6, 6.07) is 9.52. The number of urea groups is 1. The minimum absolute atomic E-state index is 0.136. The van der Waals surface area contributed by atoms with Crippen LogP contribution in [0.1, 0.15) is 30.0 Å². The lowest BCUT2D eigenvalue weighted by molar-refractivity contribution is 0.180. The molecular weight excluding hydrogens is 361 g/mol. The second kappa shape index (κ2) is 7.46. The van der Waals surface area contributed by atoms with Crippen LogP contribution in [-0.4, -0.2) is 38.2 Å². The number of hydrogen-bond acceptors (Lipinski definition) is 3. The van der Waals surface area contributed by atoms with Crippen molar-refractivity contribution in [2.75, 3.05) is 13.1 Å². The molecule has 0 aliphatic carbocycles. The minimum atomic E-state index is -0.312. The Morgan fingerprint density at radius 2 is 2.04 bits per heavy atom. The summed E-state index contributed by atoms with van der Waals surface area (Å²) in [7, 11) is 1.93. The molecule has 0 atom stereocenters. The number of likely N-dealkylation sites (tertiary alicyclic amines) is 1. The van der Waals surface area contributed by atoms with E-state index in [2.05, 4.69) is 10.4 Å². The van der Waals surface area contributed by atoms with Crippen LogP contribution in [0.2, 0.25) is 0 Å². The first-order valence-corrected chi connectivity index (χ1v) is 9.34. The summed E-state index contributed by atoms with van der Waals surface area (Å²) >= 11 is 0. The zero-order valence-electron chi connectivity index (χ0n) is 15.6. The largest absolute Gasteiger partial charge is 0.334 e. The van der Waals surface area contributed by atoms with E-state index in [1.165, 1.54) is 16.6 Å². The van der Waals surface area contributed by atoms with Gasteiger partial charge in [-0.25, -0.2) is 9.18 Å². The van der Waals surface area contributed by atoms with E-state index < -0.39 is 0 Å². The summed E-state index contributed by atoms with van der Waals surface area (Å²) in [6.07, 6.45) is 3.18. The van der Waals surface area contributed by atoms with Gasteiger partial charge < -0.3 is 14.8 Å². The number of fused-ring (bicyclic) bond motifs is 1. The van der Waals surface area contributed by atoms with E-state index >= 15 is 0 Å². The lowest BCUT2D eigenvalue weighted by Crippen LogP contribution is -2.44. The van der Waals surface area contributed by atoms with Crippen LogP contribution in [0.3, 0.4) is 0 Å². The van der Waals surface area contributed by atoms with Gasteiger partial charge in [0.1, 0.15) is 11.5 Å². The SMILES string of the molecule is Cn1c(C2CCN(C(=O)NCc3cccc(F)c3)CC2)cc(=O)n2nccc12. The Morgan fingerprint density at radius 1 is 1.25 bits per heavy atom. The molecule has 1 aliphatic heterocycles. The molecule has 3 heterocycles. The van der Waals surface area contributed by atoms with Crippen molar-refractivity contribution in [3.8, 4) is 0 Å². The third-order valence-corrected chi connectivity index (χ3v) is 5.37. The van der Waals surface area contributed by atoms with Gasteiger partial charge in [0, 0.05) is 50.4 Å². The molecule has 1 N–H and O–H groups in total. The van der Waals surface area contributed by atoms with E-state index in [4.69, 9.17) is 0 Å². The monoisotopic (exact) mass is 383 g/mol. The Hall–Kier alpha value is -3.16. The van der Waals surface area contributed by atoms with Gasteiger partial charge in [-0.15, -0.1) is 0 Å². The molecule has 2 amide bonds. The predicted molar refractivity (Wildman–Crippen MR) is 103 cm³/mol. The van der Waals surface area contributed by atoms with Crippen molar-refractivity contribution in [3.63, 3.8) is 0 Å². The van der Waals surface area contributed by atoms with Crippen LogP contribution in [0.4, 0.5) is 9.18 Å². The first-order valence-electron chi connectivity index (χ1n) is 9.34. The summed E-state index contributed by atoms with van der Waals surface area (Å²) < 4.78 is 16.6. The molecule has 146 valence electrons. The van der Waals surface area contributed by atoms with Crippen molar-refractivity contribution >= 4 is 11.7 Å². The number of aromatic nitrogens is 3. The van der Waals surface area contributed by atoms with Gasteiger partial charge in [-0.05, 0) is 30.5 Å². The fourth-order valence-corrected chi connectivity index (χ4v) is 3.84. The number of benzene rings is 1. The maximum Gasteiger partial charge on any atom is 0.317 e. The molecule has 1 saturated heterocycles. The molecule has 0 unspecified atom stereocenters. The van der Waals surface area contributed by atoms with E-state index in [1.54, 1.807) is 29.3 Å². The Bertz CT molecular complexity index is 1070. The first-order chi connectivity index (χ1) is 13.5. The van der Waals surface area contributed by atoms with Crippen LogP contribution in [0.25, 0.3) is 5.65 Å². The normalized spacial score (nSPS) is 15.1. The quantitative estimate of drug-likeness (QED) is 0.754. The Labute approximate surface area is 161 Å². The fourth-order valence-electron chi connectivity index (χ4n) is 3.84. The molecule has 1 aromatic carbocycles. The third kappa shape index (κ3) is 3.49. The molecule has 2 aromatic heterocycles. The molecule has 8 heteroatoms. The highest BCUT2D eigenvalue weighted by Crippen LogP contribution is 2.27. The van der Waals surface area contributed by atoms with E-state index in [9.17, 15) is 14.0 Å². The van der Waals surface area contributed by atoms with Crippen LogP contribution >= 0.6 is 0 Å². The summed E-state index contributed by atoms with van der Waals surface area (Å²) in [4.78, 5) is 26.4. The van der Waals surface area contributed by atoms with Gasteiger partial charge in [-0.2, -0.15) is 9.61 Å². The van der Waals surface area contributed by atoms with Gasteiger partial charge in [-0.1, -0.05) is 12.1 Å². The summed E-state index contributed by atoms with van der Waals surface area (Å²) in [5, 5.41) is 6.90. The smallest absolute Gasteiger partial charge is 0.317 e. The summed E-state index contributed by atoms with van der Waals surface area (Å²) in [5.74, 6) is -0.0989. The zero-order chi connectivity index (χ0) is 19.7. The van der Waals surface area contributed by atoms with Gasteiger partial charge in [0.2, 0.25) is 0 Å². The van der Waals surface area contributed by atoms with Gasteiger partial charge >= 0.3 is 6.03 Å². The number of halogens is 1. The number of nitrogens with one attached hydrogen (secondary N) is 1. The topological polar surface area (TPSA) is 71.6 Å². The van der Waals surface area contributed by atoms with E-state index in [-0.39, 0.29) is 23.3 Å². The Morgan fingerprint density at radius 3 is 2.79 bits per heavy atom. The number of carbonyl (C=O) groups is 1. The van der Waals surface area contributed by atoms with E-state index in [0.29, 0.717) is 19.6 Å². The molecule has 7 nitrogen and oxygen atoms in total. The predicted octanol–water partition coefficient (Wildman–Crippen LogP) is 2.26. The standard InChI is InChI=1S/C20H22FN5O2/c1-24-17(12-19(27)26-18(24)5-8-23-26)15-6-9-25(10-7-15)20(28)22-13-14-3-2-4-16(21)11-14/h2-5,8,11-12,15H,6-7,9-10,13H2,1H3,(H,22,28). The van der Waals surface area contributed by atoms with Crippen molar-refractivity contribution in [2.24, 2.45) is 7.05 Å². The van der Waals surface area contributed by atoms with Gasteiger partial charge in [-0.3, -0.25) is 4.79 Å². The average Bonchev–Trinajstić information content (AvgIpc) is 3.20. The van der Waals surface area contributed by atoms with Crippen LogP contribution in [0.15, 0.2) is 47.4 Å². The Kier molecular flexibility index (Phi) is 4.85. The maximum absolute atomic E-state index is 13.2. The number of nitrogens with zero attached hydrogens (tertiary/aromatic N) is 4. The van der Waals surface area contributed by atoms with Crippen molar-refractivity contribution in [3.05, 3.63) is 70.0 Å². The second-order valence-corrected chi connectivity index (χ2v) is 7.12. The van der Waals surface area contributed by atoms with Crippen molar-refractivity contribution in [1.82, 2.24) is 24.4 Å². The third-order valence-electron chi connectivity index (χ3n) is 5.37. The molecule has 0 bridgehead atoms. The molecule has 0 radical (unpaired) electrons. The number of aryl methyl sites for hydroxylation is 1. The van der Waals surface area contributed by atoms with Crippen LogP contribution in [0, 0.1) is 5.82 Å². The molecule has 1 fully saturated rings. The number of piperidine rings is 1. The Balaban J connectivity index is 1.39. The zero-order valence-corrected chi connectivity index (χ0v) is 15.6. The number of amides is 2. The molecular formula is C20H22FN5O2. The molecule has 3 aromatic rings. The average molecular weight is 383 g/mol. The number of hydrogen-bond donors (Lipinski definition) is 1. The maximum atomic E-state index is 13.2. The minimum Gasteiger partial charge on any atom is -0.334 e. The highest BCUT2D eigenvalue weighted by molar-refractivity contribution is 5.74. The highest BCUT2D eigenvalue weighted by Gasteiger charge is 2.26. The number of carbonyl (C=O) groups excluding carboxylic acids is 1. The van der Waals surface area contributed by atoms with E-state index in [1.807, 2.05) is 17.7 Å². The van der Waals surface area contributed by atoms with Crippen LogP contribution < -0.4 is 10.9 Å². The summed E-state index contributed by atoms with van der Waals surface area (Å²) in [6.45, 7) is 1.51. The van der Waals surface area contributed by atoms with Crippen molar-refractivity contribution in [2.45, 2.75) is 25.3 Å². The molecule has 1 aliphatic rings. The van der Waals surface area contributed by atoms with Crippen molar-refractivity contribution in [1.29, 1.82) is 0 Å². The summed E-state index contributed by atoms with van der Waals surface area (Å²) in [5.41, 5.74) is 2.33. The van der Waals surface area contributed by atoms with Gasteiger partial charge in [0.15, 0.2) is 0 Å². The first kappa shape index (κ1) is 18.2. The number of rotatable bonds is 3. The fraction of sp³-hybridized carbons (Fsp3) is 0.350. The van der Waals surface area contributed by atoms with Crippen molar-refractivity contribution < 1.29 is 9.18 Å². The lowest BCUT2D eigenvalue weighted by atomic mass is 9.93.